The Balaban J connectivity index is 1.43. The molecule has 0 bridgehead atoms. The number of nitrogens with zero attached hydrogens (tertiary/aromatic N) is 2. The van der Waals surface area contributed by atoms with Crippen molar-refractivity contribution in [3.05, 3.63) is 101 Å². The molecule has 1 fully saturated rings. The van der Waals surface area contributed by atoms with E-state index in [0.717, 1.165) is 36.8 Å². The molecule has 2 amide bonds. The molecule has 1 aliphatic carbocycles. The van der Waals surface area contributed by atoms with Crippen LogP contribution in [0.5, 0.6) is 0 Å². The van der Waals surface area contributed by atoms with Crippen molar-refractivity contribution >= 4 is 34.8 Å². The van der Waals surface area contributed by atoms with E-state index in [1.807, 2.05) is 60.7 Å². The fraction of sp³-hybridized carbons (Fsp3) is 0.364. The minimum Gasteiger partial charge on any atom is -0.390 e. The van der Waals surface area contributed by atoms with Crippen LogP contribution in [0.3, 0.4) is 0 Å². The van der Waals surface area contributed by atoms with Crippen LogP contribution in [0, 0.1) is 5.92 Å². The van der Waals surface area contributed by atoms with Gasteiger partial charge >= 0.3 is 0 Å². The van der Waals surface area contributed by atoms with Crippen LogP contribution in [-0.2, 0) is 20.7 Å². The number of carbonyl (C=O) groups is 2. The third-order valence-electron chi connectivity index (χ3n) is 7.88. The lowest BCUT2D eigenvalue weighted by Crippen LogP contribution is -2.50. The normalized spacial score (nSPS) is 19.1. The van der Waals surface area contributed by atoms with Crippen LogP contribution in [-0.4, -0.2) is 54.7 Å². The number of hydrogen-bond donors (Lipinski definition) is 2. The van der Waals surface area contributed by atoms with Gasteiger partial charge in [-0.3, -0.25) is 9.59 Å². The third kappa shape index (κ3) is 7.04. The van der Waals surface area contributed by atoms with E-state index in [9.17, 15) is 14.7 Å². The molecule has 1 unspecified atom stereocenters. The van der Waals surface area contributed by atoms with E-state index in [1.165, 1.54) is 11.3 Å². The number of hydrogen-bond acceptors (Lipinski definition) is 5. The SMILES string of the molecule is CN1C(=O)C(NC(=O)[C@H](Cc2ccccc2)[C@@H](O)COC2CCCCC2)N=C(c2ccccc2)c2cc(Cl)ccc21. The number of nitrogens with one attached hydrogen (secondary N) is 1. The Bertz CT molecular complexity index is 1380. The predicted octanol–water partition coefficient (Wildman–Crippen LogP) is 5.17. The zero-order chi connectivity index (χ0) is 28.8. The first-order valence-corrected chi connectivity index (χ1v) is 14.6. The van der Waals surface area contributed by atoms with Gasteiger partial charge in [-0.25, -0.2) is 4.99 Å². The number of likely N-dealkylation sites (N-methyl/N-ethyl adjacent to an activating group) is 1. The number of aliphatic hydroxyl groups excluding tert-OH is 1. The second-order valence-electron chi connectivity index (χ2n) is 10.8. The summed E-state index contributed by atoms with van der Waals surface area (Å²) < 4.78 is 6.04. The van der Waals surface area contributed by atoms with E-state index < -0.39 is 24.1 Å². The largest absolute Gasteiger partial charge is 0.390 e. The fourth-order valence-electron chi connectivity index (χ4n) is 5.56. The molecule has 1 aliphatic heterocycles. The Hall–Kier alpha value is -3.52. The summed E-state index contributed by atoms with van der Waals surface area (Å²) in [5.41, 5.74) is 3.58. The maximum atomic E-state index is 13.9. The summed E-state index contributed by atoms with van der Waals surface area (Å²) in [6.45, 7) is 0.0522. The first kappa shape index (κ1) is 29.0. The van der Waals surface area contributed by atoms with Crippen molar-refractivity contribution in [2.24, 2.45) is 10.9 Å². The Morgan fingerprint density at radius 3 is 2.44 bits per heavy atom. The van der Waals surface area contributed by atoms with Gasteiger partial charge in [0.15, 0.2) is 0 Å². The number of amides is 2. The summed E-state index contributed by atoms with van der Waals surface area (Å²) in [4.78, 5) is 33.8. The molecule has 1 heterocycles. The molecule has 0 radical (unpaired) electrons. The van der Waals surface area contributed by atoms with Gasteiger partial charge in [0.1, 0.15) is 0 Å². The minimum atomic E-state index is -1.20. The lowest BCUT2D eigenvalue weighted by Gasteiger charge is -2.28. The second-order valence-corrected chi connectivity index (χ2v) is 11.2. The Morgan fingerprint density at radius 2 is 1.73 bits per heavy atom. The summed E-state index contributed by atoms with van der Waals surface area (Å²) in [5.74, 6) is -1.69. The quantitative estimate of drug-likeness (QED) is 0.370. The van der Waals surface area contributed by atoms with Crippen molar-refractivity contribution in [1.29, 1.82) is 0 Å². The fourth-order valence-corrected chi connectivity index (χ4v) is 5.73. The highest BCUT2D eigenvalue weighted by molar-refractivity contribution is 6.32. The number of ether oxygens (including phenoxy) is 1. The van der Waals surface area contributed by atoms with Crippen molar-refractivity contribution in [1.82, 2.24) is 5.32 Å². The number of halogens is 1. The highest BCUT2D eigenvalue weighted by Gasteiger charge is 2.35. The third-order valence-corrected chi connectivity index (χ3v) is 8.11. The van der Waals surface area contributed by atoms with Gasteiger partial charge in [-0.2, -0.15) is 0 Å². The monoisotopic (exact) mass is 573 g/mol. The van der Waals surface area contributed by atoms with Crippen LogP contribution < -0.4 is 10.2 Å². The highest BCUT2D eigenvalue weighted by Crippen LogP contribution is 2.30. The molecule has 5 rings (SSSR count). The van der Waals surface area contributed by atoms with Gasteiger partial charge in [0.05, 0.1) is 36.1 Å². The molecular formula is C33H36ClN3O4. The molecule has 0 saturated heterocycles. The van der Waals surface area contributed by atoms with Crippen molar-refractivity contribution in [3.8, 4) is 0 Å². The molecule has 0 spiro atoms. The number of aliphatic hydroxyl groups is 1. The van der Waals surface area contributed by atoms with E-state index in [2.05, 4.69) is 5.32 Å². The van der Waals surface area contributed by atoms with Gasteiger partial charge in [-0.15, -0.1) is 0 Å². The van der Waals surface area contributed by atoms with Crippen LogP contribution in [0.1, 0.15) is 48.8 Å². The van der Waals surface area contributed by atoms with Gasteiger partial charge in [0, 0.05) is 23.2 Å². The maximum Gasteiger partial charge on any atom is 0.272 e. The van der Waals surface area contributed by atoms with Crippen LogP contribution in [0.25, 0.3) is 0 Å². The zero-order valence-electron chi connectivity index (χ0n) is 23.2. The summed E-state index contributed by atoms with van der Waals surface area (Å²) in [6.07, 6.45) is 3.50. The van der Waals surface area contributed by atoms with E-state index >= 15 is 0 Å². The molecule has 0 aromatic heterocycles. The van der Waals surface area contributed by atoms with Gasteiger partial charge in [0.2, 0.25) is 12.1 Å². The maximum absolute atomic E-state index is 13.9. The summed E-state index contributed by atoms with van der Waals surface area (Å²) in [6, 6.07) is 24.3. The highest BCUT2D eigenvalue weighted by atomic mass is 35.5. The van der Waals surface area contributed by atoms with Crippen LogP contribution in [0.2, 0.25) is 5.02 Å². The molecule has 3 aromatic carbocycles. The molecule has 8 heteroatoms. The first-order valence-electron chi connectivity index (χ1n) is 14.3. The molecule has 2 N–H and O–H groups in total. The molecule has 214 valence electrons. The Kier molecular flexibility index (Phi) is 9.49. The van der Waals surface area contributed by atoms with Crippen LogP contribution in [0.15, 0.2) is 83.9 Å². The van der Waals surface area contributed by atoms with Crippen molar-refractivity contribution in [2.45, 2.75) is 56.9 Å². The molecule has 3 aromatic rings. The van der Waals surface area contributed by atoms with E-state index in [1.54, 1.807) is 25.2 Å². The number of benzodiazepines with no additional fused rings is 1. The van der Waals surface area contributed by atoms with Gasteiger partial charge < -0.3 is 20.1 Å². The Labute approximate surface area is 246 Å². The smallest absolute Gasteiger partial charge is 0.272 e. The zero-order valence-corrected chi connectivity index (χ0v) is 24.0. The number of anilines is 1. The van der Waals surface area contributed by atoms with Crippen LogP contribution >= 0.6 is 11.6 Å². The molecule has 41 heavy (non-hydrogen) atoms. The topological polar surface area (TPSA) is 91.2 Å². The van der Waals surface area contributed by atoms with Crippen LogP contribution in [0.4, 0.5) is 5.69 Å². The number of rotatable bonds is 9. The van der Waals surface area contributed by atoms with Crippen molar-refractivity contribution < 1.29 is 19.4 Å². The van der Waals surface area contributed by atoms with Gasteiger partial charge in [-0.1, -0.05) is 91.5 Å². The lowest BCUT2D eigenvalue weighted by atomic mass is 9.92. The van der Waals surface area contributed by atoms with Crippen molar-refractivity contribution in [3.63, 3.8) is 0 Å². The number of fused-ring (bicyclic) bond motifs is 1. The Morgan fingerprint density at radius 1 is 1.05 bits per heavy atom. The first-order chi connectivity index (χ1) is 19.9. The number of carbonyl (C=O) groups excluding carboxylic acids is 2. The molecule has 2 aliphatic rings. The second kappa shape index (κ2) is 13.4. The van der Waals surface area contributed by atoms with E-state index in [4.69, 9.17) is 21.3 Å². The minimum absolute atomic E-state index is 0.0522. The molecule has 3 atom stereocenters. The van der Waals surface area contributed by atoms with Gasteiger partial charge in [-0.05, 0) is 43.0 Å². The predicted molar refractivity (Wildman–Crippen MR) is 161 cm³/mol. The van der Waals surface area contributed by atoms with E-state index in [-0.39, 0.29) is 18.6 Å². The summed E-state index contributed by atoms with van der Waals surface area (Å²) >= 11 is 6.36. The standard InChI is InChI=1S/C33H36ClN3O4/c1-37-28-18-17-24(34)20-26(28)30(23-13-7-3-8-14-23)35-31(33(37)40)36-32(39)27(19-22-11-5-2-6-12-22)29(38)21-41-25-15-9-4-10-16-25/h2-3,5-8,11-14,17-18,20,25,27,29,31,38H,4,9-10,15-16,19,21H2,1H3,(H,36,39)/t27-,29+,31?/m1/s1. The van der Waals surface area contributed by atoms with Gasteiger partial charge in [0.25, 0.3) is 5.91 Å². The molecule has 1 saturated carbocycles. The molecular weight excluding hydrogens is 538 g/mol. The number of aliphatic imine (C=N–C) groups is 1. The van der Waals surface area contributed by atoms with E-state index in [0.29, 0.717) is 28.4 Å². The average Bonchev–Trinajstić information content (AvgIpc) is 3.10. The molecule has 7 nitrogen and oxygen atoms in total. The number of benzene rings is 3. The average molecular weight is 574 g/mol. The lowest BCUT2D eigenvalue weighted by molar-refractivity contribution is -0.134. The van der Waals surface area contributed by atoms with Crippen molar-refractivity contribution in [2.75, 3.05) is 18.6 Å². The summed E-state index contributed by atoms with van der Waals surface area (Å²) in [5, 5.41) is 14.6. The summed E-state index contributed by atoms with van der Waals surface area (Å²) in [7, 11) is 1.66.